The molecule has 0 aliphatic rings. The molecule has 0 spiro atoms. The Morgan fingerprint density at radius 1 is 1.28 bits per heavy atom. The maximum atomic E-state index is 12.6. The third-order valence-corrected chi connectivity index (χ3v) is 4.91. The van der Waals surface area contributed by atoms with Crippen molar-refractivity contribution >= 4 is 21.5 Å². The molecule has 0 saturated carbocycles. The third-order valence-electron chi connectivity index (χ3n) is 4.22. The summed E-state index contributed by atoms with van der Waals surface area (Å²) in [7, 11) is -3.42. The lowest BCUT2D eigenvalue weighted by Gasteiger charge is -2.29. The van der Waals surface area contributed by atoms with Crippen molar-refractivity contribution in [3.8, 4) is 11.8 Å². The van der Waals surface area contributed by atoms with Crippen LogP contribution in [0.15, 0.2) is 12.1 Å². The van der Waals surface area contributed by atoms with Crippen LogP contribution in [0.4, 0.5) is 0 Å². The summed E-state index contributed by atoms with van der Waals surface area (Å²) in [6.07, 6.45) is -0.0401. The standard InChI is InChI=1S/C20H29N3O5S/c1-7-27-20(24)18(23-11-29(6,25)26)19(17(22)12(2)3)28-15-8-13(4)16(10-21)14(5)9-15/h8-9,12,18-19,22-23H,7,11H2,1-6H3. The highest BCUT2D eigenvalue weighted by Crippen LogP contribution is 2.24. The molecule has 8 nitrogen and oxygen atoms in total. The molecule has 0 aliphatic heterocycles. The monoisotopic (exact) mass is 423 g/mol. The molecule has 0 heterocycles. The number of esters is 1. The van der Waals surface area contributed by atoms with E-state index < -0.39 is 33.8 Å². The van der Waals surface area contributed by atoms with Crippen molar-refractivity contribution in [2.45, 2.75) is 46.8 Å². The van der Waals surface area contributed by atoms with Gasteiger partial charge in [0.05, 0.1) is 29.8 Å². The summed E-state index contributed by atoms with van der Waals surface area (Å²) in [5, 5.41) is 20.4. The summed E-state index contributed by atoms with van der Waals surface area (Å²) in [6, 6.07) is 4.26. The van der Waals surface area contributed by atoms with E-state index in [1.807, 2.05) is 0 Å². The minimum atomic E-state index is -3.42. The molecular formula is C20H29N3O5S. The molecule has 2 unspecified atom stereocenters. The number of nitrogens with zero attached hydrogens (tertiary/aromatic N) is 1. The average Bonchev–Trinajstić information content (AvgIpc) is 2.59. The molecule has 0 aliphatic carbocycles. The van der Waals surface area contributed by atoms with Crippen molar-refractivity contribution in [1.29, 1.82) is 10.7 Å². The summed E-state index contributed by atoms with van der Waals surface area (Å²) >= 11 is 0. The highest BCUT2D eigenvalue weighted by Gasteiger charge is 2.36. The number of sulfone groups is 1. The molecule has 0 bridgehead atoms. The lowest BCUT2D eigenvalue weighted by molar-refractivity contribution is -0.147. The second-order valence-corrected chi connectivity index (χ2v) is 9.34. The third kappa shape index (κ3) is 7.15. The summed E-state index contributed by atoms with van der Waals surface area (Å²) in [5.74, 6) is -1.04. The first-order valence-corrected chi connectivity index (χ1v) is 11.3. The van der Waals surface area contributed by atoms with E-state index in [-0.39, 0.29) is 18.2 Å². The van der Waals surface area contributed by atoms with E-state index in [2.05, 4.69) is 11.4 Å². The quantitative estimate of drug-likeness (QED) is 0.435. The molecule has 1 aromatic carbocycles. The second kappa shape index (κ2) is 10.4. The summed E-state index contributed by atoms with van der Waals surface area (Å²) in [4.78, 5) is 12.6. The van der Waals surface area contributed by atoms with E-state index in [1.54, 1.807) is 46.8 Å². The van der Waals surface area contributed by atoms with Gasteiger partial charge < -0.3 is 14.9 Å². The number of hydrogen-bond acceptors (Lipinski definition) is 8. The van der Waals surface area contributed by atoms with Gasteiger partial charge in [0, 0.05) is 6.26 Å². The molecule has 9 heteroatoms. The molecule has 0 radical (unpaired) electrons. The van der Waals surface area contributed by atoms with Gasteiger partial charge in [-0.2, -0.15) is 5.26 Å². The first-order valence-electron chi connectivity index (χ1n) is 9.25. The molecule has 1 rings (SSSR count). The number of carbonyl (C=O) groups excluding carboxylic acids is 1. The highest BCUT2D eigenvalue weighted by atomic mass is 32.2. The number of aryl methyl sites for hydroxylation is 2. The molecule has 0 fully saturated rings. The van der Waals surface area contributed by atoms with Gasteiger partial charge in [-0.3, -0.25) is 10.1 Å². The van der Waals surface area contributed by atoms with Gasteiger partial charge in [0.15, 0.2) is 15.9 Å². The zero-order valence-corrected chi connectivity index (χ0v) is 18.5. The van der Waals surface area contributed by atoms with Crippen molar-refractivity contribution in [1.82, 2.24) is 5.32 Å². The van der Waals surface area contributed by atoms with Crippen LogP contribution in [0.2, 0.25) is 0 Å². The van der Waals surface area contributed by atoms with Gasteiger partial charge in [-0.25, -0.2) is 8.42 Å². The molecule has 2 atom stereocenters. The largest absolute Gasteiger partial charge is 0.482 e. The molecule has 2 N–H and O–H groups in total. The van der Waals surface area contributed by atoms with Crippen molar-refractivity contribution in [2.24, 2.45) is 5.92 Å². The molecule has 160 valence electrons. The van der Waals surface area contributed by atoms with Crippen LogP contribution < -0.4 is 10.1 Å². The number of ether oxygens (including phenoxy) is 2. The Hall–Kier alpha value is -2.44. The van der Waals surface area contributed by atoms with Crippen LogP contribution in [0, 0.1) is 36.5 Å². The summed E-state index contributed by atoms with van der Waals surface area (Å²) in [6.45, 7) is 8.85. The van der Waals surface area contributed by atoms with Crippen molar-refractivity contribution in [3.05, 3.63) is 28.8 Å². The first-order chi connectivity index (χ1) is 13.4. The van der Waals surface area contributed by atoms with Gasteiger partial charge in [-0.15, -0.1) is 0 Å². The van der Waals surface area contributed by atoms with Gasteiger partial charge in [0.1, 0.15) is 11.8 Å². The van der Waals surface area contributed by atoms with E-state index in [1.165, 1.54) is 0 Å². The predicted octanol–water partition coefficient (Wildman–Crippen LogP) is 2.12. The van der Waals surface area contributed by atoms with E-state index in [0.29, 0.717) is 22.4 Å². The van der Waals surface area contributed by atoms with Crippen LogP contribution in [0.3, 0.4) is 0 Å². The van der Waals surface area contributed by atoms with E-state index in [4.69, 9.17) is 14.9 Å². The van der Waals surface area contributed by atoms with Crippen molar-refractivity contribution < 1.29 is 22.7 Å². The van der Waals surface area contributed by atoms with E-state index in [0.717, 1.165) is 6.26 Å². The van der Waals surface area contributed by atoms with Gasteiger partial charge in [-0.05, 0) is 49.9 Å². The van der Waals surface area contributed by atoms with Gasteiger partial charge >= 0.3 is 5.97 Å². The molecule has 29 heavy (non-hydrogen) atoms. The Morgan fingerprint density at radius 2 is 1.83 bits per heavy atom. The Bertz CT molecular complexity index is 880. The van der Waals surface area contributed by atoms with Crippen LogP contribution >= 0.6 is 0 Å². The Labute approximate surface area is 172 Å². The van der Waals surface area contributed by atoms with Crippen molar-refractivity contribution in [2.75, 3.05) is 18.7 Å². The topological polar surface area (TPSA) is 129 Å². The van der Waals surface area contributed by atoms with E-state index in [9.17, 15) is 18.5 Å². The lowest BCUT2D eigenvalue weighted by atomic mass is 9.96. The van der Waals surface area contributed by atoms with Crippen LogP contribution in [-0.4, -0.2) is 51.0 Å². The minimum Gasteiger partial charge on any atom is -0.482 e. The molecule has 0 aromatic heterocycles. The van der Waals surface area contributed by atoms with Gasteiger partial charge in [0.25, 0.3) is 0 Å². The maximum absolute atomic E-state index is 12.6. The predicted molar refractivity (Wildman–Crippen MR) is 111 cm³/mol. The second-order valence-electron chi connectivity index (χ2n) is 7.20. The highest BCUT2D eigenvalue weighted by molar-refractivity contribution is 7.90. The minimum absolute atomic E-state index is 0.104. The number of rotatable bonds is 10. The smallest absolute Gasteiger partial charge is 0.327 e. The maximum Gasteiger partial charge on any atom is 0.327 e. The first kappa shape index (κ1) is 24.6. The SMILES string of the molecule is CCOC(=O)C(NCS(C)(=O)=O)C(Oc1cc(C)c(C#N)c(C)c1)C(=N)C(C)C. The van der Waals surface area contributed by atoms with Crippen molar-refractivity contribution in [3.63, 3.8) is 0 Å². The normalized spacial score (nSPS) is 13.4. The lowest BCUT2D eigenvalue weighted by Crippen LogP contribution is -2.54. The molecule has 0 amide bonds. The van der Waals surface area contributed by atoms with E-state index >= 15 is 0 Å². The average molecular weight is 424 g/mol. The summed E-state index contributed by atoms with van der Waals surface area (Å²) < 4.78 is 34.3. The fourth-order valence-electron chi connectivity index (χ4n) is 2.74. The number of nitriles is 1. The van der Waals surface area contributed by atoms with Gasteiger partial charge in [-0.1, -0.05) is 13.8 Å². The zero-order chi connectivity index (χ0) is 22.4. The van der Waals surface area contributed by atoms with Crippen LogP contribution in [0.5, 0.6) is 5.75 Å². The number of hydrogen-bond donors (Lipinski definition) is 2. The zero-order valence-electron chi connectivity index (χ0n) is 17.7. The fraction of sp³-hybridized carbons (Fsp3) is 0.550. The molecule has 1 aromatic rings. The van der Waals surface area contributed by atoms with Crippen LogP contribution in [-0.2, 0) is 19.4 Å². The van der Waals surface area contributed by atoms with Crippen LogP contribution in [0.1, 0.15) is 37.5 Å². The molecular weight excluding hydrogens is 394 g/mol. The number of carbonyl (C=O) groups is 1. The number of benzene rings is 1. The summed E-state index contributed by atoms with van der Waals surface area (Å²) in [5.41, 5.74) is 2.05. The Morgan fingerprint density at radius 3 is 2.24 bits per heavy atom. The molecule has 0 saturated heterocycles. The Balaban J connectivity index is 3.37. The Kier molecular flexibility index (Phi) is 8.80. The number of nitrogens with one attached hydrogen (secondary N) is 2. The van der Waals surface area contributed by atoms with Crippen LogP contribution in [0.25, 0.3) is 0 Å². The van der Waals surface area contributed by atoms with Gasteiger partial charge in [0.2, 0.25) is 0 Å². The fourth-order valence-corrected chi connectivity index (χ4v) is 3.22.